The Morgan fingerprint density at radius 2 is 1.71 bits per heavy atom. The molecule has 2 aromatic rings. The lowest BCUT2D eigenvalue weighted by atomic mass is 9.85. The van der Waals surface area contributed by atoms with Gasteiger partial charge < -0.3 is 5.32 Å². The maximum Gasteiger partial charge on any atom is 0.0705 e. The van der Waals surface area contributed by atoms with E-state index in [0.29, 0.717) is 0 Å². The van der Waals surface area contributed by atoms with Gasteiger partial charge in [0.1, 0.15) is 0 Å². The van der Waals surface area contributed by atoms with Crippen molar-refractivity contribution in [2.24, 2.45) is 17.8 Å². The highest BCUT2D eigenvalue weighted by Gasteiger charge is 2.16. The molecule has 1 N–H and O–H groups in total. The average Bonchev–Trinajstić information content (AvgIpc) is 2.42. The number of nitrogens with one attached hydrogen (secondary N) is 1. The maximum atomic E-state index is 4.55. The number of fused-ring (bicyclic) bond motifs is 1. The van der Waals surface area contributed by atoms with E-state index in [1.54, 1.807) is 0 Å². The van der Waals surface area contributed by atoms with Gasteiger partial charge in [-0.25, -0.2) is 0 Å². The van der Waals surface area contributed by atoms with Crippen LogP contribution in [0.2, 0.25) is 0 Å². The van der Waals surface area contributed by atoms with E-state index in [4.69, 9.17) is 0 Å². The summed E-state index contributed by atoms with van der Waals surface area (Å²) in [5.41, 5.74) is 3.49. The molecule has 1 aromatic carbocycles. The first-order chi connectivity index (χ1) is 9.97. The lowest BCUT2D eigenvalue weighted by Gasteiger charge is -2.25. The number of aryl methyl sites for hydroxylation is 1. The van der Waals surface area contributed by atoms with Gasteiger partial charge in [-0.15, -0.1) is 0 Å². The molecule has 0 aliphatic rings. The van der Waals surface area contributed by atoms with Crippen LogP contribution in [0.1, 0.15) is 39.0 Å². The Kier molecular flexibility index (Phi) is 5.35. The van der Waals surface area contributed by atoms with Crippen molar-refractivity contribution in [2.45, 2.75) is 41.2 Å². The minimum absolute atomic E-state index is 0.723. The van der Waals surface area contributed by atoms with Gasteiger partial charge in [-0.05, 0) is 55.0 Å². The van der Waals surface area contributed by atoms with Crippen LogP contribution in [-0.2, 0) is 6.54 Å². The number of pyridine rings is 1. The summed E-state index contributed by atoms with van der Waals surface area (Å²) in [6, 6.07) is 10.8. The normalized spacial score (nSPS) is 12.0. The van der Waals surface area contributed by atoms with Crippen LogP contribution in [0.15, 0.2) is 30.3 Å². The molecule has 0 saturated carbocycles. The Hall–Kier alpha value is -1.41. The number of aromatic nitrogens is 1. The molecule has 0 atom stereocenters. The summed E-state index contributed by atoms with van der Waals surface area (Å²) >= 11 is 0. The Morgan fingerprint density at radius 1 is 1.00 bits per heavy atom. The highest BCUT2D eigenvalue weighted by atomic mass is 14.9. The first-order valence-electron chi connectivity index (χ1n) is 8.04. The van der Waals surface area contributed by atoms with Gasteiger partial charge in [0.2, 0.25) is 0 Å². The second-order valence-electron chi connectivity index (χ2n) is 6.76. The van der Waals surface area contributed by atoms with E-state index in [9.17, 15) is 0 Å². The fourth-order valence-corrected chi connectivity index (χ4v) is 3.01. The van der Waals surface area contributed by atoms with E-state index in [1.807, 2.05) is 6.92 Å². The first-order valence-corrected chi connectivity index (χ1v) is 8.04. The van der Waals surface area contributed by atoms with E-state index in [1.165, 1.54) is 10.9 Å². The van der Waals surface area contributed by atoms with E-state index in [2.05, 4.69) is 68.3 Å². The first kappa shape index (κ1) is 16.0. The van der Waals surface area contributed by atoms with Gasteiger partial charge in [0.05, 0.1) is 5.52 Å². The van der Waals surface area contributed by atoms with Crippen molar-refractivity contribution in [3.63, 3.8) is 0 Å². The molecule has 2 nitrogen and oxygen atoms in total. The van der Waals surface area contributed by atoms with Gasteiger partial charge in [-0.1, -0.05) is 39.8 Å². The van der Waals surface area contributed by atoms with Gasteiger partial charge >= 0.3 is 0 Å². The standard InChI is InChI=1S/C19H28N2/c1-13(2)18(14(3)4)12-20-11-16-7-9-19-17(10-16)8-6-15(5)21-19/h6-10,13-14,18,20H,11-12H2,1-5H3. The summed E-state index contributed by atoms with van der Waals surface area (Å²) in [4.78, 5) is 4.55. The fourth-order valence-electron chi connectivity index (χ4n) is 3.01. The van der Waals surface area contributed by atoms with Gasteiger partial charge in [0.25, 0.3) is 0 Å². The lowest BCUT2D eigenvalue weighted by Crippen LogP contribution is -2.29. The van der Waals surface area contributed by atoms with Crippen LogP contribution in [0.25, 0.3) is 10.9 Å². The molecule has 1 aromatic heterocycles. The fraction of sp³-hybridized carbons (Fsp3) is 0.526. The van der Waals surface area contributed by atoms with Crippen molar-refractivity contribution in [1.29, 1.82) is 0 Å². The third-order valence-corrected chi connectivity index (χ3v) is 4.31. The highest BCUT2D eigenvalue weighted by Crippen LogP contribution is 2.20. The molecule has 0 unspecified atom stereocenters. The minimum atomic E-state index is 0.723. The predicted molar refractivity (Wildman–Crippen MR) is 91.4 cm³/mol. The second-order valence-corrected chi connectivity index (χ2v) is 6.76. The molecule has 0 spiro atoms. The average molecular weight is 284 g/mol. The van der Waals surface area contributed by atoms with E-state index in [-0.39, 0.29) is 0 Å². The van der Waals surface area contributed by atoms with Crippen molar-refractivity contribution < 1.29 is 0 Å². The lowest BCUT2D eigenvalue weighted by molar-refractivity contribution is 0.275. The Morgan fingerprint density at radius 3 is 2.38 bits per heavy atom. The topological polar surface area (TPSA) is 24.9 Å². The SMILES string of the molecule is Cc1ccc2cc(CNCC(C(C)C)C(C)C)ccc2n1. The summed E-state index contributed by atoms with van der Waals surface area (Å²) in [7, 11) is 0. The van der Waals surface area contributed by atoms with E-state index < -0.39 is 0 Å². The number of hydrogen-bond acceptors (Lipinski definition) is 2. The number of rotatable bonds is 6. The van der Waals surface area contributed by atoms with Crippen LogP contribution in [0.3, 0.4) is 0 Å². The molecule has 0 aliphatic heterocycles. The molecular weight excluding hydrogens is 256 g/mol. The Bertz CT molecular complexity index is 579. The summed E-state index contributed by atoms with van der Waals surface area (Å²) in [5.74, 6) is 2.18. The van der Waals surface area contributed by atoms with Crippen LogP contribution in [-0.4, -0.2) is 11.5 Å². The van der Waals surface area contributed by atoms with E-state index in [0.717, 1.165) is 42.1 Å². The zero-order chi connectivity index (χ0) is 15.4. The molecule has 21 heavy (non-hydrogen) atoms. The Balaban J connectivity index is 1.99. The number of hydrogen-bond donors (Lipinski definition) is 1. The van der Waals surface area contributed by atoms with Crippen molar-refractivity contribution in [3.8, 4) is 0 Å². The largest absolute Gasteiger partial charge is 0.312 e. The van der Waals surface area contributed by atoms with Crippen molar-refractivity contribution in [1.82, 2.24) is 10.3 Å². The summed E-state index contributed by atoms with van der Waals surface area (Å²) in [5, 5.41) is 4.85. The van der Waals surface area contributed by atoms with Crippen molar-refractivity contribution in [2.75, 3.05) is 6.54 Å². The van der Waals surface area contributed by atoms with Gasteiger partial charge in [0.15, 0.2) is 0 Å². The molecule has 0 fully saturated rings. The molecule has 0 amide bonds. The van der Waals surface area contributed by atoms with Crippen molar-refractivity contribution >= 4 is 10.9 Å². The minimum Gasteiger partial charge on any atom is -0.312 e. The molecule has 0 radical (unpaired) electrons. The van der Waals surface area contributed by atoms with Crippen LogP contribution < -0.4 is 5.32 Å². The molecule has 2 rings (SSSR count). The number of nitrogens with zero attached hydrogens (tertiary/aromatic N) is 1. The van der Waals surface area contributed by atoms with E-state index >= 15 is 0 Å². The van der Waals surface area contributed by atoms with Crippen molar-refractivity contribution in [3.05, 3.63) is 41.6 Å². The Labute approximate surface area is 129 Å². The van der Waals surface area contributed by atoms with Gasteiger partial charge in [-0.3, -0.25) is 4.98 Å². The molecule has 114 valence electrons. The zero-order valence-corrected chi connectivity index (χ0v) is 14.0. The summed E-state index contributed by atoms with van der Waals surface area (Å²) < 4.78 is 0. The molecular formula is C19H28N2. The zero-order valence-electron chi connectivity index (χ0n) is 14.0. The summed E-state index contributed by atoms with van der Waals surface area (Å²) in [6.45, 7) is 13.3. The molecule has 0 saturated heterocycles. The third-order valence-electron chi connectivity index (χ3n) is 4.31. The van der Waals surface area contributed by atoms with Crippen LogP contribution in [0.5, 0.6) is 0 Å². The molecule has 0 bridgehead atoms. The van der Waals surface area contributed by atoms with Crippen LogP contribution in [0, 0.1) is 24.7 Å². The molecule has 2 heteroatoms. The van der Waals surface area contributed by atoms with Crippen LogP contribution in [0.4, 0.5) is 0 Å². The monoisotopic (exact) mass is 284 g/mol. The highest BCUT2D eigenvalue weighted by molar-refractivity contribution is 5.79. The van der Waals surface area contributed by atoms with Gasteiger partial charge in [0, 0.05) is 17.6 Å². The maximum absolute atomic E-state index is 4.55. The smallest absolute Gasteiger partial charge is 0.0705 e. The molecule has 0 aliphatic carbocycles. The third kappa shape index (κ3) is 4.28. The van der Waals surface area contributed by atoms with Gasteiger partial charge in [-0.2, -0.15) is 0 Å². The second kappa shape index (κ2) is 7.04. The van der Waals surface area contributed by atoms with Crippen LogP contribution >= 0.6 is 0 Å². The molecule has 1 heterocycles. The summed E-state index contributed by atoms with van der Waals surface area (Å²) in [6.07, 6.45) is 0. The quantitative estimate of drug-likeness (QED) is 0.841. The number of benzene rings is 1. The predicted octanol–water partition coefficient (Wildman–Crippen LogP) is 4.56.